The molecule has 186 valence electrons. The number of fused-ring (bicyclic) bond motifs is 1. The maximum absolute atomic E-state index is 14.2. The van der Waals surface area contributed by atoms with Crippen LogP contribution in [-0.4, -0.2) is 50.2 Å². The molecule has 4 rings (SSSR count). The normalized spacial score (nSPS) is 22.1. The van der Waals surface area contributed by atoms with Crippen LogP contribution in [0.3, 0.4) is 0 Å². The van der Waals surface area contributed by atoms with E-state index in [2.05, 4.69) is 0 Å². The Balaban J connectivity index is 1.61. The molecule has 0 spiro atoms. The Bertz CT molecular complexity index is 1160. The summed E-state index contributed by atoms with van der Waals surface area (Å²) >= 11 is 0. The molecular weight excluding hydrogens is 469 g/mol. The molecule has 0 aliphatic carbocycles. The topological polar surface area (TPSA) is 56.6 Å². The van der Waals surface area contributed by atoms with E-state index >= 15 is 0 Å². The SMILES string of the molecule is CCOC[C@@]12CCN(C(=O)c3cc(F)ccc3F)C[C@@H]1CN(c1ccc(C#N)c(C(F)(F)F)c1)C2. The van der Waals surface area contributed by atoms with E-state index in [-0.39, 0.29) is 24.6 Å². The summed E-state index contributed by atoms with van der Waals surface area (Å²) in [6.45, 7) is 3.96. The molecule has 0 N–H and O–H groups in total. The fraction of sp³-hybridized carbons (Fsp3) is 0.440. The molecule has 2 fully saturated rings. The van der Waals surface area contributed by atoms with Crippen LogP contribution in [0, 0.1) is 34.3 Å². The number of benzene rings is 2. The number of carbonyl (C=O) groups is 1. The van der Waals surface area contributed by atoms with Gasteiger partial charge in [0.25, 0.3) is 5.91 Å². The van der Waals surface area contributed by atoms with Gasteiger partial charge in [0.15, 0.2) is 0 Å². The highest BCUT2D eigenvalue weighted by Crippen LogP contribution is 2.46. The smallest absolute Gasteiger partial charge is 0.381 e. The Labute approximate surface area is 199 Å². The van der Waals surface area contributed by atoms with Crippen molar-refractivity contribution in [3.63, 3.8) is 0 Å². The van der Waals surface area contributed by atoms with Crippen LogP contribution in [0.4, 0.5) is 27.6 Å². The number of anilines is 1. The van der Waals surface area contributed by atoms with Crippen LogP contribution < -0.4 is 4.90 Å². The van der Waals surface area contributed by atoms with Crippen LogP contribution >= 0.6 is 0 Å². The lowest BCUT2D eigenvalue weighted by molar-refractivity contribution is -0.137. The zero-order valence-corrected chi connectivity index (χ0v) is 19.0. The standard InChI is InChI=1S/C25H24F5N3O2/c1-2-35-15-24-7-8-32(23(34)20-9-18(26)4-6-22(20)27)12-17(24)13-33(14-24)19-5-3-16(11-31)21(10-19)25(28,29)30/h3-6,9-10,17H,2,7-8,12-15H2,1H3/t17-,24+/m1/s1. The maximum atomic E-state index is 14.2. The molecule has 2 aromatic rings. The minimum Gasteiger partial charge on any atom is -0.381 e. The average molecular weight is 493 g/mol. The van der Waals surface area contributed by atoms with Crippen molar-refractivity contribution in [2.24, 2.45) is 11.3 Å². The highest BCUT2D eigenvalue weighted by atomic mass is 19.4. The van der Waals surface area contributed by atoms with Crippen LogP contribution in [0.2, 0.25) is 0 Å². The third-order valence-corrected chi connectivity index (χ3v) is 6.97. The molecule has 1 amide bonds. The minimum atomic E-state index is -4.67. The lowest BCUT2D eigenvalue weighted by Gasteiger charge is -2.43. The number of alkyl halides is 3. The molecule has 2 aromatic carbocycles. The van der Waals surface area contributed by atoms with E-state index in [1.54, 1.807) is 6.07 Å². The Morgan fingerprint density at radius 1 is 1.20 bits per heavy atom. The number of piperidine rings is 1. The second kappa shape index (κ2) is 9.46. The van der Waals surface area contributed by atoms with Gasteiger partial charge < -0.3 is 14.5 Å². The van der Waals surface area contributed by atoms with Crippen LogP contribution in [0.15, 0.2) is 36.4 Å². The molecule has 0 radical (unpaired) electrons. The minimum absolute atomic E-state index is 0.159. The average Bonchev–Trinajstić information content (AvgIpc) is 3.21. The Morgan fingerprint density at radius 2 is 1.97 bits per heavy atom. The van der Waals surface area contributed by atoms with Gasteiger partial charge in [-0.1, -0.05) is 0 Å². The third-order valence-electron chi connectivity index (χ3n) is 6.97. The van der Waals surface area contributed by atoms with E-state index in [4.69, 9.17) is 10.00 Å². The number of hydrogen-bond acceptors (Lipinski definition) is 4. The van der Waals surface area contributed by atoms with E-state index in [1.165, 1.54) is 11.0 Å². The van der Waals surface area contributed by atoms with Crippen molar-refractivity contribution in [1.29, 1.82) is 5.26 Å². The largest absolute Gasteiger partial charge is 0.417 e. The van der Waals surface area contributed by atoms with Crippen molar-refractivity contribution in [2.75, 3.05) is 44.3 Å². The summed E-state index contributed by atoms with van der Waals surface area (Å²) in [4.78, 5) is 16.3. The van der Waals surface area contributed by atoms with E-state index < -0.39 is 40.3 Å². The second-order valence-corrected chi connectivity index (χ2v) is 9.04. The quantitative estimate of drug-likeness (QED) is 0.559. The molecular formula is C25H24F5N3O2. The van der Waals surface area contributed by atoms with Gasteiger partial charge in [0.1, 0.15) is 11.6 Å². The van der Waals surface area contributed by atoms with Crippen molar-refractivity contribution < 1.29 is 31.5 Å². The van der Waals surface area contributed by atoms with E-state index in [1.807, 2.05) is 11.8 Å². The highest BCUT2D eigenvalue weighted by Gasteiger charge is 2.51. The first-order valence-electron chi connectivity index (χ1n) is 11.3. The first kappa shape index (κ1) is 24.9. The van der Waals surface area contributed by atoms with Gasteiger partial charge in [0.2, 0.25) is 0 Å². The van der Waals surface area contributed by atoms with Crippen LogP contribution in [-0.2, 0) is 10.9 Å². The van der Waals surface area contributed by atoms with Crippen molar-refractivity contribution in [1.82, 2.24) is 4.90 Å². The molecule has 5 nitrogen and oxygen atoms in total. The molecule has 0 unspecified atom stereocenters. The molecule has 2 aliphatic heterocycles. The molecule has 0 bridgehead atoms. The molecule has 2 atom stereocenters. The maximum Gasteiger partial charge on any atom is 0.417 e. The van der Waals surface area contributed by atoms with Crippen molar-refractivity contribution in [2.45, 2.75) is 19.5 Å². The summed E-state index contributed by atoms with van der Waals surface area (Å²) < 4.78 is 74.1. The Morgan fingerprint density at radius 3 is 2.66 bits per heavy atom. The molecule has 2 aliphatic rings. The molecule has 2 heterocycles. The first-order chi connectivity index (χ1) is 16.6. The van der Waals surface area contributed by atoms with Gasteiger partial charge in [0.05, 0.1) is 29.4 Å². The summed E-state index contributed by atoms with van der Waals surface area (Å²) in [6.07, 6.45) is -4.17. The fourth-order valence-corrected chi connectivity index (χ4v) is 5.10. The highest BCUT2D eigenvalue weighted by molar-refractivity contribution is 5.94. The zero-order valence-electron chi connectivity index (χ0n) is 19.0. The number of hydrogen-bond donors (Lipinski definition) is 0. The van der Waals surface area contributed by atoms with Crippen LogP contribution in [0.25, 0.3) is 0 Å². The van der Waals surface area contributed by atoms with E-state index in [0.717, 1.165) is 30.3 Å². The number of likely N-dealkylation sites (tertiary alicyclic amines) is 1. The van der Waals surface area contributed by atoms with Gasteiger partial charge in [-0.2, -0.15) is 18.4 Å². The summed E-state index contributed by atoms with van der Waals surface area (Å²) in [5.41, 5.74) is -1.88. The molecule has 0 aromatic heterocycles. The van der Waals surface area contributed by atoms with E-state index in [0.29, 0.717) is 38.4 Å². The summed E-state index contributed by atoms with van der Waals surface area (Å²) in [6, 6.07) is 7.95. The van der Waals surface area contributed by atoms with Crippen molar-refractivity contribution >= 4 is 11.6 Å². The number of nitriles is 1. The predicted molar refractivity (Wildman–Crippen MR) is 118 cm³/mol. The summed E-state index contributed by atoms with van der Waals surface area (Å²) in [5, 5.41) is 9.09. The van der Waals surface area contributed by atoms with Crippen LogP contribution in [0.1, 0.15) is 34.8 Å². The molecule has 2 saturated heterocycles. The number of carbonyl (C=O) groups excluding carboxylic acids is 1. The van der Waals surface area contributed by atoms with Crippen molar-refractivity contribution in [3.05, 3.63) is 64.7 Å². The Hall–Kier alpha value is -3.19. The molecule has 10 heteroatoms. The van der Waals surface area contributed by atoms with Gasteiger partial charge in [-0.3, -0.25) is 4.79 Å². The second-order valence-electron chi connectivity index (χ2n) is 9.04. The summed E-state index contributed by atoms with van der Waals surface area (Å²) in [7, 11) is 0. The Kier molecular flexibility index (Phi) is 6.73. The number of ether oxygens (including phenoxy) is 1. The van der Waals surface area contributed by atoms with Gasteiger partial charge in [-0.25, -0.2) is 8.78 Å². The fourth-order valence-electron chi connectivity index (χ4n) is 5.10. The van der Waals surface area contributed by atoms with Crippen LogP contribution in [0.5, 0.6) is 0 Å². The predicted octanol–water partition coefficient (Wildman–Crippen LogP) is 4.86. The molecule has 35 heavy (non-hydrogen) atoms. The van der Waals surface area contributed by atoms with E-state index in [9.17, 15) is 26.7 Å². The third kappa shape index (κ3) is 4.82. The lowest BCUT2D eigenvalue weighted by Crippen LogP contribution is -2.51. The van der Waals surface area contributed by atoms with Gasteiger partial charge in [0, 0.05) is 49.8 Å². The number of nitrogens with zero attached hydrogens (tertiary/aromatic N) is 3. The van der Waals surface area contributed by atoms with Crippen molar-refractivity contribution in [3.8, 4) is 6.07 Å². The first-order valence-corrected chi connectivity index (χ1v) is 11.3. The number of amides is 1. The summed E-state index contributed by atoms with van der Waals surface area (Å²) in [5.74, 6) is -2.31. The molecule has 0 saturated carbocycles. The van der Waals surface area contributed by atoms with Gasteiger partial charge in [-0.15, -0.1) is 0 Å². The lowest BCUT2D eigenvalue weighted by atomic mass is 9.73. The number of rotatable bonds is 5. The van der Waals surface area contributed by atoms with Gasteiger partial charge in [-0.05, 0) is 49.7 Å². The monoisotopic (exact) mass is 493 g/mol. The number of halogens is 5. The zero-order chi connectivity index (χ0) is 25.4. The van der Waals surface area contributed by atoms with Gasteiger partial charge >= 0.3 is 6.18 Å².